The first kappa shape index (κ1) is 10.1. The van der Waals surface area contributed by atoms with Crippen LogP contribution in [0.5, 0.6) is 0 Å². The number of rotatable bonds is 2. The van der Waals surface area contributed by atoms with Crippen LogP contribution in [0, 0.1) is 0 Å². The van der Waals surface area contributed by atoms with Crippen molar-refractivity contribution in [2.24, 2.45) is 0 Å². The van der Waals surface area contributed by atoms with Gasteiger partial charge < -0.3 is 0 Å². The quantitative estimate of drug-likeness (QED) is 0.677. The molecule has 0 amide bonds. The Hall–Kier alpha value is -0.890. The van der Waals surface area contributed by atoms with Gasteiger partial charge in [-0.05, 0) is 18.6 Å². The van der Waals surface area contributed by atoms with E-state index in [1.807, 2.05) is 12.1 Å². The molecule has 0 saturated heterocycles. The Morgan fingerprint density at radius 3 is 2.82 bits per heavy atom. The molecule has 11 heavy (non-hydrogen) atoms. The second-order valence-electron chi connectivity index (χ2n) is 2.24. The molecular formula is C8H10ClNO. The van der Waals surface area contributed by atoms with Crippen molar-refractivity contribution in [3.63, 3.8) is 0 Å². The molecule has 0 unspecified atom stereocenters. The summed E-state index contributed by atoms with van der Waals surface area (Å²) in [6.45, 7) is 1.58. The van der Waals surface area contributed by atoms with E-state index in [2.05, 4.69) is 4.98 Å². The van der Waals surface area contributed by atoms with Crippen LogP contribution >= 0.6 is 12.4 Å². The predicted octanol–water partition coefficient (Wildman–Crippen LogP) is 1.63. The summed E-state index contributed by atoms with van der Waals surface area (Å²) in [6.07, 6.45) is 3.90. The Balaban J connectivity index is 0.000001000. The zero-order chi connectivity index (χ0) is 7.40. The molecule has 0 saturated carbocycles. The molecule has 1 aromatic rings. The predicted molar refractivity (Wildman–Crippen MR) is 45.9 cm³/mol. The number of carbonyl (C=O) groups is 1. The van der Waals surface area contributed by atoms with Gasteiger partial charge in [-0.1, -0.05) is 6.07 Å². The molecule has 0 aliphatic heterocycles. The minimum atomic E-state index is 0. The van der Waals surface area contributed by atoms with Crippen LogP contribution in [0.4, 0.5) is 0 Å². The smallest absolute Gasteiger partial charge is 0.134 e. The van der Waals surface area contributed by atoms with Crippen LogP contribution in [-0.4, -0.2) is 10.8 Å². The van der Waals surface area contributed by atoms with Gasteiger partial charge in [0.05, 0.1) is 0 Å². The lowest BCUT2D eigenvalue weighted by Crippen LogP contribution is -1.95. The lowest BCUT2D eigenvalue weighted by molar-refractivity contribution is -0.116. The molecule has 0 aliphatic carbocycles. The highest BCUT2D eigenvalue weighted by Crippen LogP contribution is 1.96. The summed E-state index contributed by atoms with van der Waals surface area (Å²) in [6, 6.07) is 3.73. The Kier molecular flexibility index (Phi) is 4.46. The maximum absolute atomic E-state index is 10.6. The van der Waals surface area contributed by atoms with Gasteiger partial charge in [-0.25, -0.2) is 0 Å². The van der Waals surface area contributed by atoms with Gasteiger partial charge in [-0.3, -0.25) is 9.78 Å². The standard InChI is InChI=1S/C8H9NO.ClH/c1-7(10)5-8-3-2-4-9-6-8;/h2-4,6H,5H2,1H3;1H. The minimum Gasteiger partial charge on any atom is -0.300 e. The molecule has 0 bridgehead atoms. The Labute approximate surface area is 72.1 Å². The second kappa shape index (κ2) is 4.85. The molecule has 0 radical (unpaired) electrons. The van der Waals surface area contributed by atoms with Crippen LogP contribution in [-0.2, 0) is 11.2 Å². The SMILES string of the molecule is CC(=O)Cc1cccnc1.Cl. The summed E-state index contributed by atoms with van der Waals surface area (Å²) in [5.74, 6) is 0.174. The first-order chi connectivity index (χ1) is 4.79. The van der Waals surface area contributed by atoms with E-state index < -0.39 is 0 Å². The third kappa shape index (κ3) is 3.73. The molecule has 0 fully saturated rings. The first-order valence-corrected chi connectivity index (χ1v) is 3.17. The summed E-state index contributed by atoms with van der Waals surface area (Å²) in [5.41, 5.74) is 0.981. The van der Waals surface area contributed by atoms with E-state index in [4.69, 9.17) is 0 Å². The molecule has 1 heterocycles. The van der Waals surface area contributed by atoms with Crippen molar-refractivity contribution in [3.8, 4) is 0 Å². The third-order valence-electron chi connectivity index (χ3n) is 1.18. The molecule has 0 atom stereocenters. The fourth-order valence-electron chi connectivity index (χ4n) is 0.790. The molecular weight excluding hydrogens is 162 g/mol. The van der Waals surface area contributed by atoms with Crippen LogP contribution in [0.25, 0.3) is 0 Å². The van der Waals surface area contributed by atoms with Crippen LogP contribution in [0.2, 0.25) is 0 Å². The highest BCUT2D eigenvalue weighted by atomic mass is 35.5. The van der Waals surface area contributed by atoms with Gasteiger partial charge in [-0.2, -0.15) is 0 Å². The van der Waals surface area contributed by atoms with Crippen LogP contribution in [0.15, 0.2) is 24.5 Å². The molecule has 1 rings (SSSR count). The van der Waals surface area contributed by atoms with E-state index in [-0.39, 0.29) is 18.2 Å². The van der Waals surface area contributed by atoms with Crippen molar-refractivity contribution in [1.29, 1.82) is 0 Å². The number of ketones is 1. The van der Waals surface area contributed by atoms with Gasteiger partial charge >= 0.3 is 0 Å². The normalized spacial score (nSPS) is 8.45. The molecule has 2 nitrogen and oxygen atoms in total. The number of nitrogens with zero attached hydrogens (tertiary/aromatic N) is 1. The maximum atomic E-state index is 10.6. The lowest BCUT2D eigenvalue weighted by atomic mass is 10.2. The average Bonchev–Trinajstić information content (AvgIpc) is 1.88. The lowest BCUT2D eigenvalue weighted by Gasteiger charge is -1.92. The Bertz CT molecular complexity index is 223. The largest absolute Gasteiger partial charge is 0.300 e. The third-order valence-corrected chi connectivity index (χ3v) is 1.18. The summed E-state index contributed by atoms with van der Waals surface area (Å²) in [4.78, 5) is 14.5. The number of halogens is 1. The zero-order valence-electron chi connectivity index (χ0n) is 6.28. The van der Waals surface area contributed by atoms with Crippen molar-refractivity contribution >= 4 is 18.2 Å². The molecule has 0 aromatic carbocycles. The molecule has 0 aliphatic rings. The summed E-state index contributed by atoms with van der Waals surface area (Å²) < 4.78 is 0. The van der Waals surface area contributed by atoms with Crippen LogP contribution in [0.1, 0.15) is 12.5 Å². The van der Waals surface area contributed by atoms with Gasteiger partial charge in [0.2, 0.25) is 0 Å². The molecule has 0 spiro atoms. The van der Waals surface area contributed by atoms with Crippen molar-refractivity contribution in [1.82, 2.24) is 4.98 Å². The van der Waals surface area contributed by atoms with Crippen molar-refractivity contribution < 1.29 is 4.79 Å². The van der Waals surface area contributed by atoms with Crippen molar-refractivity contribution in [3.05, 3.63) is 30.1 Å². The summed E-state index contributed by atoms with van der Waals surface area (Å²) in [5, 5.41) is 0. The highest BCUT2D eigenvalue weighted by Gasteiger charge is 1.94. The van der Waals surface area contributed by atoms with E-state index in [0.29, 0.717) is 6.42 Å². The number of aromatic nitrogens is 1. The van der Waals surface area contributed by atoms with Gasteiger partial charge in [0, 0.05) is 18.8 Å². The van der Waals surface area contributed by atoms with E-state index in [1.165, 1.54) is 0 Å². The average molecular weight is 172 g/mol. The topological polar surface area (TPSA) is 30.0 Å². The van der Waals surface area contributed by atoms with E-state index in [1.54, 1.807) is 19.3 Å². The Morgan fingerprint density at radius 2 is 2.36 bits per heavy atom. The number of carbonyl (C=O) groups excluding carboxylic acids is 1. The highest BCUT2D eigenvalue weighted by molar-refractivity contribution is 5.85. The number of hydrogen-bond donors (Lipinski definition) is 0. The zero-order valence-corrected chi connectivity index (χ0v) is 7.10. The fourth-order valence-corrected chi connectivity index (χ4v) is 0.790. The fraction of sp³-hybridized carbons (Fsp3) is 0.250. The minimum absolute atomic E-state index is 0. The number of hydrogen-bond acceptors (Lipinski definition) is 2. The first-order valence-electron chi connectivity index (χ1n) is 3.17. The second-order valence-corrected chi connectivity index (χ2v) is 2.24. The van der Waals surface area contributed by atoms with Crippen molar-refractivity contribution in [2.45, 2.75) is 13.3 Å². The van der Waals surface area contributed by atoms with Gasteiger partial charge in [0.1, 0.15) is 5.78 Å². The summed E-state index contributed by atoms with van der Waals surface area (Å²) >= 11 is 0. The van der Waals surface area contributed by atoms with Crippen LogP contribution in [0.3, 0.4) is 0 Å². The number of pyridine rings is 1. The molecule has 60 valence electrons. The molecule has 3 heteroatoms. The molecule has 0 N–H and O–H groups in total. The monoisotopic (exact) mass is 171 g/mol. The number of Topliss-reactive ketones (excluding diaryl/α,β-unsaturated/α-hetero) is 1. The Morgan fingerprint density at radius 1 is 1.64 bits per heavy atom. The van der Waals surface area contributed by atoms with E-state index >= 15 is 0 Å². The van der Waals surface area contributed by atoms with Gasteiger partial charge in [0.15, 0.2) is 0 Å². The van der Waals surface area contributed by atoms with E-state index in [9.17, 15) is 4.79 Å². The van der Waals surface area contributed by atoms with Crippen LogP contribution < -0.4 is 0 Å². The molecule has 1 aromatic heterocycles. The van der Waals surface area contributed by atoms with Gasteiger partial charge in [0.25, 0.3) is 0 Å². The van der Waals surface area contributed by atoms with Gasteiger partial charge in [-0.15, -0.1) is 12.4 Å². The van der Waals surface area contributed by atoms with Crippen molar-refractivity contribution in [2.75, 3.05) is 0 Å². The maximum Gasteiger partial charge on any atom is 0.134 e. The summed E-state index contributed by atoms with van der Waals surface area (Å²) in [7, 11) is 0. The van der Waals surface area contributed by atoms with E-state index in [0.717, 1.165) is 5.56 Å².